The van der Waals surface area contributed by atoms with Crippen LogP contribution < -0.4 is 16.4 Å². The third-order valence-corrected chi connectivity index (χ3v) is 4.26. The highest BCUT2D eigenvalue weighted by Crippen LogP contribution is 2.12. The fourth-order valence-electron chi connectivity index (χ4n) is 2.42. The van der Waals surface area contributed by atoms with Crippen LogP contribution >= 0.6 is 0 Å². The van der Waals surface area contributed by atoms with E-state index in [1.807, 2.05) is 0 Å². The van der Waals surface area contributed by atoms with E-state index in [1.165, 1.54) is 12.1 Å². The first kappa shape index (κ1) is 22.4. The summed E-state index contributed by atoms with van der Waals surface area (Å²) in [7, 11) is 0. The Bertz CT molecular complexity index is 658. The van der Waals surface area contributed by atoms with Crippen LogP contribution in [0.15, 0.2) is 24.3 Å². The third-order valence-electron chi connectivity index (χ3n) is 4.26. The molecule has 0 fully saturated rings. The van der Waals surface area contributed by atoms with Gasteiger partial charge in [0.25, 0.3) is 0 Å². The summed E-state index contributed by atoms with van der Waals surface area (Å²) < 4.78 is 0. The Morgan fingerprint density at radius 2 is 1.52 bits per heavy atom. The van der Waals surface area contributed by atoms with Gasteiger partial charge in [-0.2, -0.15) is 0 Å². The van der Waals surface area contributed by atoms with Crippen molar-refractivity contribution in [2.24, 2.45) is 17.6 Å². The zero-order valence-corrected chi connectivity index (χ0v) is 16.1. The molecule has 0 saturated heterocycles. The molecule has 0 spiro atoms. The lowest BCUT2D eigenvalue weighted by atomic mass is 10.00. The number of aromatic hydroxyl groups is 1. The van der Waals surface area contributed by atoms with Crippen LogP contribution in [0.25, 0.3) is 0 Å². The molecule has 2 amide bonds. The first-order chi connectivity index (χ1) is 12.5. The van der Waals surface area contributed by atoms with E-state index >= 15 is 0 Å². The minimum Gasteiger partial charge on any atom is -0.508 e. The van der Waals surface area contributed by atoms with Crippen molar-refractivity contribution >= 4 is 17.8 Å². The molecule has 1 aromatic carbocycles. The molecule has 27 heavy (non-hydrogen) atoms. The van der Waals surface area contributed by atoms with E-state index in [4.69, 9.17) is 5.73 Å². The van der Waals surface area contributed by atoms with Gasteiger partial charge in [-0.15, -0.1) is 0 Å². The monoisotopic (exact) mass is 379 g/mol. The Morgan fingerprint density at radius 3 is 1.96 bits per heavy atom. The van der Waals surface area contributed by atoms with Crippen molar-refractivity contribution in [1.82, 2.24) is 10.6 Å². The molecule has 0 radical (unpaired) electrons. The molecule has 0 heterocycles. The zero-order chi connectivity index (χ0) is 20.7. The molecule has 6 N–H and O–H groups in total. The maximum Gasteiger partial charge on any atom is 0.326 e. The quantitative estimate of drug-likeness (QED) is 0.426. The maximum atomic E-state index is 12.7. The van der Waals surface area contributed by atoms with E-state index in [0.717, 1.165) is 0 Å². The first-order valence-electron chi connectivity index (χ1n) is 8.90. The van der Waals surface area contributed by atoms with Crippen LogP contribution in [0.1, 0.15) is 33.3 Å². The average Bonchev–Trinajstić information content (AvgIpc) is 2.59. The summed E-state index contributed by atoms with van der Waals surface area (Å²) in [5, 5.41) is 23.8. The van der Waals surface area contributed by atoms with Crippen LogP contribution in [0.3, 0.4) is 0 Å². The summed E-state index contributed by atoms with van der Waals surface area (Å²) in [5.41, 5.74) is 6.55. The summed E-state index contributed by atoms with van der Waals surface area (Å²) in [5.74, 6) is -2.60. The van der Waals surface area contributed by atoms with Gasteiger partial charge in [0.15, 0.2) is 0 Å². The van der Waals surface area contributed by atoms with Crippen molar-refractivity contribution in [3.05, 3.63) is 29.8 Å². The summed E-state index contributed by atoms with van der Waals surface area (Å²) in [6.07, 6.45) is 0.132. The molecule has 0 bridgehead atoms. The largest absolute Gasteiger partial charge is 0.508 e. The van der Waals surface area contributed by atoms with Gasteiger partial charge in [-0.3, -0.25) is 9.59 Å². The Hall–Kier alpha value is -2.61. The number of nitrogens with one attached hydrogen (secondary N) is 2. The molecule has 150 valence electrons. The van der Waals surface area contributed by atoms with Gasteiger partial charge in [-0.05, 0) is 29.5 Å². The van der Waals surface area contributed by atoms with Crippen LogP contribution in [0.4, 0.5) is 0 Å². The number of carboxylic acid groups (broad SMARTS) is 1. The zero-order valence-electron chi connectivity index (χ0n) is 16.1. The first-order valence-corrected chi connectivity index (χ1v) is 8.90. The molecular formula is C19H29N3O5. The van der Waals surface area contributed by atoms with E-state index < -0.39 is 35.9 Å². The number of carboxylic acids is 1. The van der Waals surface area contributed by atoms with E-state index in [0.29, 0.717) is 5.56 Å². The highest BCUT2D eigenvalue weighted by molar-refractivity contribution is 5.92. The molecular weight excluding hydrogens is 350 g/mol. The molecule has 8 heteroatoms. The van der Waals surface area contributed by atoms with Crippen LogP contribution in [-0.4, -0.2) is 46.1 Å². The molecule has 0 unspecified atom stereocenters. The summed E-state index contributed by atoms with van der Waals surface area (Å²) in [6, 6.07) is 3.34. The van der Waals surface area contributed by atoms with Crippen molar-refractivity contribution in [2.45, 2.75) is 52.2 Å². The summed E-state index contributed by atoms with van der Waals surface area (Å²) >= 11 is 0. The molecule has 1 rings (SSSR count). The second-order valence-corrected chi connectivity index (χ2v) is 7.27. The van der Waals surface area contributed by atoms with Crippen LogP contribution in [-0.2, 0) is 20.8 Å². The Kier molecular flexibility index (Phi) is 8.24. The Balaban J connectivity index is 3.00. The average molecular weight is 379 g/mol. The van der Waals surface area contributed by atoms with E-state index in [-0.39, 0.29) is 24.0 Å². The van der Waals surface area contributed by atoms with Crippen LogP contribution in [0.2, 0.25) is 0 Å². The number of aliphatic carboxylic acids is 1. The van der Waals surface area contributed by atoms with Gasteiger partial charge in [-0.1, -0.05) is 39.8 Å². The normalized spacial score (nSPS) is 14.5. The van der Waals surface area contributed by atoms with Gasteiger partial charge in [0.1, 0.15) is 17.8 Å². The topological polar surface area (TPSA) is 142 Å². The Labute approximate surface area is 159 Å². The molecule has 0 saturated carbocycles. The van der Waals surface area contributed by atoms with Gasteiger partial charge in [0, 0.05) is 6.42 Å². The van der Waals surface area contributed by atoms with E-state index in [9.17, 15) is 24.6 Å². The highest BCUT2D eigenvalue weighted by atomic mass is 16.4. The lowest BCUT2D eigenvalue weighted by molar-refractivity contribution is -0.143. The third kappa shape index (κ3) is 6.90. The van der Waals surface area contributed by atoms with Crippen LogP contribution in [0, 0.1) is 11.8 Å². The number of nitrogens with two attached hydrogens (primary N) is 1. The Morgan fingerprint density at radius 1 is 0.963 bits per heavy atom. The van der Waals surface area contributed by atoms with Gasteiger partial charge >= 0.3 is 5.97 Å². The number of carbonyl (C=O) groups excluding carboxylic acids is 2. The number of amides is 2. The molecule has 3 atom stereocenters. The minimum atomic E-state index is -1.15. The summed E-state index contributed by atoms with van der Waals surface area (Å²) in [4.78, 5) is 36.4. The second-order valence-electron chi connectivity index (χ2n) is 7.27. The van der Waals surface area contributed by atoms with Crippen LogP contribution in [0.5, 0.6) is 5.75 Å². The number of carbonyl (C=O) groups is 3. The molecule has 0 aliphatic rings. The van der Waals surface area contributed by atoms with Gasteiger partial charge in [0.05, 0.1) is 6.04 Å². The number of hydrogen-bond acceptors (Lipinski definition) is 5. The molecule has 0 aliphatic carbocycles. The highest BCUT2D eigenvalue weighted by Gasteiger charge is 2.30. The van der Waals surface area contributed by atoms with Gasteiger partial charge in [0.2, 0.25) is 11.8 Å². The van der Waals surface area contributed by atoms with Crippen molar-refractivity contribution in [3.63, 3.8) is 0 Å². The predicted molar refractivity (Wildman–Crippen MR) is 101 cm³/mol. The fraction of sp³-hybridized carbons (Fsp3) is 0.526. The number of benzene rings is 1. The minimum absolute atomic E-state index is 0.0800. The fourth-order valence-corrected chi connectivity index (χ4v) is 2.42. The van der Waals surface area contributed by atoms with Gasteiger partial charge < -0.3 is 26.6 Å². The number of rotatable bonds is 9. The molecule has 0 aliphatic heterocycles. The molecule has 8 nitrogen and oxygen atoms in total. The number of phenolic OH excluding ortho intramolecular Hbond substituents is 1. The standard InChI is InChI=1S/C19H29N3O5/c1-10(2)15(20)18(25)21-14(9-12-5-7-13(23)8-6-12)17(24)22-16(11(3)4)19(26)27/h5-8,10-11,14-16,23H,9,20H2,1-4H3,(H,21,25)(H,22,24)(H,26,27)/t14-,15+,16-/m0/s1. The predicted octanol–water partition coefficient (Wildman–Crippen LogP) is 0.628. The van der Waals surface area contributed by atoms with E-state index in [2.05, 4.69) is 10.6 Å². The van der Waals surface area contributed by atoms with Gasteiger partial charge in [-0.25, -0.2) is 4.79 Å². The van der Waals surface area contributed by atoms with Crippen molar-refractivity contribution in [1.29, 1.82) is 0 Å². The van der Waals surface area contributed by atoms with Crippen molar-refractivity contribution in [3.8, 4) is 5.75 Å². The maximum absolute atomic E-state index is 12.7. The van der Waals surface area contributed by atoms with Crippen molar-refractivity contribution < 1.29 is 24.6 Å². The number of phenols is 1. The summed E-state index contributed by atoms with van der Waals surface area (Å²) in [6.45, 7) is 6.94. The SMILES string of the molecule is CC(C)[C@H](NC(=O)[C@H](Cc1ccc(O)cc1)NC(=O)[C@H](N)C(C)C)C(=O)O. The van der Waals surface area contributed by atoms with Crippen molar-refractivity contribution in [2.75, 3.05) is 0 Å². The molecule has 1 aromatic rings. The van der Waals surface area contributed by atoms with E-state index in [1.54, 1.807) is 39.8 Å². The second kappa shape index (κ2) is 9.91. The lowest BCUT2D eigenvalue weighted by Crippen LogP contribution is -2.56. The smallest absolute Gasteiger partial charge is 0.326 e. The lowest BCUT2D eigenvalue weighted by Gasteiger charge is -2.25. The molecule has 0 aromatic heterocycles. The number of hydrogen-bond donors (Lipinski definition) is 5.